The van der Waals surface area contributed by atoms with Gasteiger partial charge in [-0.15, -0.1) is 0 Å². The molecular formula is C16H28N2O2. The van der Waals surface area contributed by atoms with Crippen molar-refractivity contribution in [1.29, 1.82) is 0 Å². The lowest BCUT2D eigenvalue weighted by Crippen LogP contribution is -2.35. The van der Waals surface area contributed by atoms with Crippen LogP contribution in [0.3, 0.4) is 0 Å². The maximum absolute atomic E-state index is 5.92. The van der Waals surface area contributed by atoms with E-state index in [-0.39, 0.29) is 5.54 Å². The summed E-state index contributed by atoms with van der Waals surface area (Å²) in [6.07, 6.45) is 5.30. The largest absolute Gasteiger partial charge is 0.370 e. The van der Waals surface area contributed by atoms with Gasteiger partial charge in [0.05, 0.1) is 11.8 Å². The SMILES string of the molecule is CC1CCC(OCc2cc(CNC(C)(C)C)no2)CC1. The second kappa shape index (κ2) is 6.72. The van der Waals surface area contributed by atoms with E-state index in [2.05, 4.69) is 38.2 Å². The zero-order valence-corrected chi connectivity index (χ0v) is 13.2. The van der Waals surface area contributed by atoms with Crippen LogP contribution < -0.4 is 5.32 Å². The van der Waals surface area contributed by atoms with Crippen LogP contribution in [-0.4, -0.2) is 16.8 Å². The van der Waals surface area contributed by atoms with Crippen LogP contribution in [0.1, 0.15) is 64.8 Å². The molecule has 0 unspecified atom stereocenters. The molecule has 0 bridgehead atoms. The third-order valence-electron chi connectivity index (χ3n) is 3.83. The van der Waals surface area contributed by atoms with Crippen LogP contribution in [0, 0.1) is 5.92 Å². The Morgan fingerprint density at radius 2 is 2.00 bits per heavy atom. The molecule has 2 rings (SSSR count). The summed E-state index contributed by atoms with van der Waals surface area (Å²) in [4.78, 5) is 0. The Morgan fingerprint density at radius 1 is 1.30 bits per heavy atom. The molecule has 1 heterocycles. The van der Waals surface area contributed by atoms with Gasteiger partial charge in [0.1, 0.15) is 6.61 Å². The van der Waals surface area contributed by atoms with Gasteiger partial charge in [0.15, 0.2) is 5.76 Å². The molecule has 4 heteroatoms. The maximum Gasteiger partial charge on any atom is 0.162 e. The standard InChI is InChI=1S/C16H28N2O2/c1-12-5-7-14(8-6-12)19-11-15-9-13(18-20-15)10-17-16(2,3)4/h9,12,14,17H,5-8,10-11H2,1-4H3. The van der Waals surface area contributed by atoms with Gasteiger partial charge in [-0.05, 0) is 52.4 Å². The van der Waals surface area contributed by atoms with Crippen LogP contribution in [0.2, 0.25) is 0 Å². The van der Waals surface area contributed by atoms with Crippen LogP contribution in [0.5, 0.6) is 0 Å². The molecule has 0 aromatic carbocycles. The van der Waals surface area contributed by atoms with Gasteiger partial charge in [-0.25, -0.2) is 0 Å². The third-order valence-corrected chi connectivity index (χ3v) is 3.83. The molecule has 0 radical (unpaired) electrons. The molecule has 4 nitrogen and oxygen atoms in total. The Labute approximate surface area is 122 Å². The summed E-state index contributed by atoms with van der Waals surface area (Å²) in [5.74, 6) is 1.68. The fraction of sp³-hybridized carbons (Fsp3) is 0.812. The number of aromatic nitrogens is 1. The number of rotatable bonds is 5. The molecule has 0 spiro atoms. The van der Waals surface area contributed by atoms with E-state index in [1.165, 1.54) is 25.7 Å². The second-order valence-corrected chi connectivity index (χ2v) is 7.08. The lowest BCUT2D eigenvalue weighted by atomic mass is 9.89. The number of ether oxygens (including phenoxy) is 1. The minimum absolute atomic E-state index is 0.0917. The molecule has 1 aliphatic rings. The van der Waals surface area contributed by atoms with E-state index in [4.69, 9.17) is 9.26 Å². The Balaban J connectivity index is 1.72. The molecule has 0 aliphatic heterocycles. The minimum atomic E-state index is 0.0917. The van der Waals surface area contributed by atoms with Gasteiger partial charge in [-0.3, -0.25) is 0 Å². The van der Waals surface area contributed by atoms with E-state index in [1.54, 1.807) is 0 Å². The van der Waals surface area contributed by atoms with E-state index in [0.717, 1.165) is 23.9 Å². The van der Waals surface area contributed by atoms with Crippen molar-refractivity contribution >= 4 is 0 Å². The number of nitrogens with one attached hydrogen (secondary N) is 1. The normalized spacial score (nSPS) is 24.0. The summed E-state index contributed by atoms with van der Waals surface area (Å²) in [5.41, 5.74) is 1.03. The number of nitrogens with zero attached hydrogens (tertiary/aromatic N) is 1. The fourth-order valence-corrected chi connectivity index (χ4v) is 2.46. The van der Waals surface area contributed by atoms with E-state index in [0.29, 0.717) is 12.7 Å². The van der Waals surface area contributed by atoms with Crippen molar-refractivity contribution in [3.63, 3.8) is 0 Å². The van der Waals surface area contributed by atoms with Gasteiger partial charge in [-0.1, -0.05) is 12.1 Å². The smallest absolute Gasteiger partial charge is 0.162 e. The Hall–Kier alpha value is -0.870. The van der Waals surface area contributed by atoms with E-state index in [1.807, 2.05) is 6.07 Å². The van der Waals surface area contributed by atoms with Gasteiger partial charge < -0.3 is 14.6 Å². The molecule has 1 aliphatic carbocycles. The first-order valence-corrected chi connectivity index (χ1v) is 7.73. The van der Waals surface area contributed by atoms with Crippen LogP contribution in [-0.2, 0) is 17.9 Å². The minimum Gasteiger partial charge on any atom is -0.370 e. The topological polar surface area (TPSA) is 47.3 Å². The molecule has 1 saturated carbocycles. The Kier molecular flexibility index (Phi) is 5.22. The first kappa shape index (κ1) is 15.5. The average Bonchev–Trinajstić information content (AvgIpc) is 2.83. The molecule has 114 valence electrons. The maximum atomic E-state index is 5.92. The molecule has 0 amide bonds. The van der Waals surface area contributed by atoms with Crippen molar-refractivity contribution in [2.45, 2.75) is 78.2 Å². The highest BCUT2D eigenvalue weighted by atomic mass is 16.5. The van der Waals surface area contributed by atoms with Crippen molar-refractivity contribution in [3.8, 4) is 0 Å². The van der Waals surface area contributed by atoms with Crippen LogP contribution in [0.4, 0.5) is 0 Å². The van der Waals surface area contributed by atoms with Crippen molar-refractivity contribution in [2.75, 3.05) is 0 Å². The van der Waals surface area contributed by atoms with Gasteiger partial charge in [0.2, 0.25) is 0 Å². The van der Waals surface area contributed by atoms with Crippen LogP contribution in [0.15, 0.2) is 10.6 Å². The van der Waals surface area contributed by atoms with Gasteiger partial charge in [-0.2, -0.15) is 0 Å². The summed E-state index contributed by atoms with van der Waals surface area (Å²) in [5, 5.41) is 7.48. The van der Waals surface area contributed by atoms with E-state index < -0.39 is 0 Å². The monoisotopic (exact) mass is 280 g/mol. The molecule has 1 N–H and O–H groups in total. The second-order valence-electron chi connectivity index (χ2n) is 7.08. The highest BCUT2D eigenvalue weighted by Gasteiger charge is 2.19. The molecule has 1 aromatic heterocycles. The summed E-state index contributed by atoms with van der Waals surface area (Å²) < 4.78 is 11.2. The molecule has 1 fully saturated rings. The Bertz CT molecular complexity index is 401. The number of hydrogen-bond donors (Lipinski definition) is 1. The van der Waals surface area contributed by atoms with Gasteiger partial charge in [0.25, 0.3) is 0 Å². The molecule has 0 saturated heterocycles. The molecular weight excluding hydrogens is 252 g/mol. The van der Waals surface area contributed by atoms with Crippen molar-refractivity contribution in [3.05, 3.63) is 17.5 Å². The van der Waals surface area contributed by atoms with Crippen LogP contribution in [0.25, 0.3) is 0 Å². The van der Waals surface area contributed by atoms with E-state index in [9.17, 15) is 0 Å². The predicted molar refractivity (Wildman–Crippen MR) is 79.3 cm³/mol. The number of hydrogen-bond acceptors (Lipinski definition) is 4. The fourth-order valence-electron chi connectivity index (χ4n) is 2.46. The molecule has 1 aromatic rings. The average molecular weight is 280 g/mol. The van der Waals surface area contributed by atoms with Gasteiger partial charge >= 0.3 is 0 Å². The summed E-state index contributed by atoms with van der Waals surface area (Å²) in [7, 11) is 0. The zero-order valence-electron chi connectivity index (χ0n) is 13.2. The summed E-state index contributed by atoms with van der Waals surface area (Å²) in [6.45, 7) is 10.0. The van der Waals surface area contributed by atoms with Crippen molar-refractivity contribution < 1.29 is 9.26 Å². The van der Waals surface area contributed by atoms with Crippen LogP contribution >= 0.6 is 0 Å². The van der Waals surface area contributed by atoms with Crippen molar-refractivity contribution in [1.82, 2.24) is 10.5 Å². The first-order chi connectivity index (χ1) is 9.42. The highest BCUT2D eigenvalue weighted by Crippen LogP contribution is 2.26. The molecule has 0 atom stereocenters. The Morgan fingerprint density at radius 3 is 2.65 bits per heavy atom. The molecule has 20 heavy (non-hydrogen) atoms. The zero-order chi connectivity index (χ0) is 14.6. The van der Waals surface area contributed by atoms with Gasteiger partial charge in [0, 0.05) is 18.2 Å². The summed E-state index contributed by atoms with van der Waals surface area (Å²) >= 11 is 0. The first-order valence-electron chi connectivity index (χ1n) is 7.73. The highest BCUT2D eigenvalue weighted by molar-refractivity contribution is 5.04. The quantitative estimate of drug-likeness (QED) is 0.894. The van der Waals surface area contributed by atoms with E-state index >= 15 is 0 Å². The lowest BCUT2D eigenvalue weighted by Gasteiger charge is -2.25. The van der Waals surface area contributed by atoms with Crippen molar-refractivity contribution in [2.24, 2.45) is 5.92 Å². The predicted octanol–water partition coefficient (Wildman–Crippen LogP) is 3.66. The lowest BCUT2D eigenvalue weighted by molar-refractivity contribution is -0.000646. The third kappa shape index (κ3) is 5.25. The summed E-state index contributed by atoms with van der Waals surface area (Å²) in [6, 6.07) is 1.99.